The number of hydrogen-bond acceptors (Lipinski definition) is 3. The topological polar surface area (TPSA) is 63.2 Å². The summed E-state index contributed by atoms with van der Waals surface area (Å²) < 4.78 is -0.889. The quantitative estimate of drug-likeness (QED) is 0.140. The SMILES string of the molecule is O=C(Cl)Cl.O=C1NC(=O)c2ccc3c4cccc5cccc(c6ccc1c2c63)c54. The van der Waals surface area contributed by atoms with Gasteiger partial charge in [0.1, 0.15) is 0 Å². The third kappa shape index (κ3) is 2.57. The zero-order valence-corrected chi connectivity index (χ0v) is 16.3. The molecule has 0 aliphatic carbocycles. The first-order valence-electron chi connectivity index (χ1n) is 8.80. The fourth-order valence-corrected chi connectivity index (χ4v) is 4.35. The first-order chi connectivity index (χ1) is 14.0. The van der Waals surface area contributed by atoms with Crippen LogP contribution in [0.25, 0.3) is 43.1 Å². The van der Waals surface area contributed by atoms with Crippen LogP contribution in [0, 0.1) is 0 Å². The van der Waals surface area contributed by atoms with Crippen LogP contribution >= 0.6 is 23.2 Å². The van der Waals surface area contributed by atoms with Crippen LogP contribution in [0.1, 0.15) is 20.7 Å². The standard InChI is InChI=1S/C22H11NO2.CCl2O/c24-21-16-9-7-14-12-5-1-3-11-4-2-6-13(18(11)12)15-8-10-17(22(25)23-21)20(16)19(14)15;2-1(3)4/h1-10H,(H,23,24,25);. The zero-order chi connectivity index (χ0) is 20.3. The van der Waals surface area contributed by atoms with Crippen molar-refractivity contribution in [1.82, 2.24) is 5.32 Å². The van der Waals surface area contributed by atoms with Gasteiger partial charge in [-0.25, -0.2) is 0 Å². The van der Waals surface area contributed by atoms with E-state index < -0.39 is 4.70 Å². The molecule has 5 aromatic carbocycles. The Bertz CT molecular complexity index is 1400. The van der Waals surface area contributed by atoms with E-state index in [0.717, 1.165) is 32.3 Å². The maximum absolute atomic E-state index is 12.3. The molecule has 0 saturated carbocycles. The predicted molar refractivity (Wildman–Crippen MR) is 117 cm³/mol. The molecule has 0 spiro atoms. The van der Waals surface area contributed by atoms with Crippen LogP contribution in [0.3, 0.4) is 0 Å². The molecule has 4 nitrogen and oxygen atoms in total. The number of amides is 2. The highest BCUT2D eigenvalue weighted by Crippen LogP contribution is 2.42. The molecule has 2 amide bonds. The van der Waals surface area contributed by atoms with E-state index in [-0.39, 0.29) is 11.8 Å². The summed E-state index contributed by atoms with van der Waals surface area (Å²) in [6.45, 7) is 0. The average molecular weight is 420 g/mol. The lowest BCUT2D eigenvalue weighted by Gasteiger charge is -2.21. The number of imide groups is 1. The molecule has 0 aromatic heterocycles. The van der Waals surface area contributed by atoms with Crippen LogP contribution in [0.4, 0.5) is 4.79 Å². The Morgan fingerprint density at radius 1 is 0.621 bits per heavy atom. The van der Waals surface area contributed by atoms with Crippen molar-refractivity contribution in [3.8, 4) is 0 Å². The molecular formula is C23H11Cl2NO3. The van der Waals surface area contributed by atoms with Gasteiger partial charge < -0.3 is 0 Å². The number of carbonyl (C=O) groups is 3. The van der Waals surface area contributed by atoms with E-state index in [1.54, 1.807) is 0 Å². The summed E-state index contributed by atoms with van der Waals surface area (Å²) in [5, 5.41) is 11.1. The van der Waals surface area contributed by atoms with Crippen LogP contribution in [0.5, 0.6) is 0 Å². The van der Waals surface area contributed by atoms with Gasteiger partial charge in [0.25, 0.3) is 11.8 Å². The summed E-state index contributed by atoms with van der Waals surface area (Å²) in [6, 6.07) is 20.3. The number of nitrogens with one attached hydrogen (secondary N) is 1. The third-order valence-corrected chi connectivity index (χ3v) is 5.36. The summed E-state index contributed by atoms with van der Waals surface area (Å²) in [6.07, 6.45) is 0. The van der Waals surface area contributed by atoms with Gasteiger partial charge in [-0.1, -0.05) is 48.5 Å². The highest BCUT2D eigenvalue weighted by Gasteiger charge is 2.27. The second-order valence-electron chi connectivity index (χ2n) is 6.79. The smallest absolute Gasteiger partial charge is 0.288 e. The maximum atomic E-state index is 12.3. The van der Waals surface area contributed by atoms with Crippen LogP contribution < -0.4 is 5.32 Å². The minimum absolute atomic E-state index is 0.321. The average Bonchev–Trinajstić information content (AvgIpc) is 2.70. The molecular weight excluding hydrogens is 409 g/mol. The summed E-state index contributed by atoms with van der Waals surface area (Å²) in [5.74, 6) is -0.642. The number of hydrogen-bond donors (Lipinski definition) is 1. The van der Waals surface area contributed by atoms with Gasteiger partial charge in [0.2, 0.25) is 0 Å². The van der Waals surface area contributed by atoms with Crippen molar-refractivity contribution < 1.29 is 14.4 Å². The molecule has 6 rings (SSSR count). The monoisotopic (exact) mass is 419 g/mol. The van der Waals surface area contributed by atoms with E-state index in [1.165, 1.54) is 10.8 Å². The normalized spacial score (nSPS) is 13.0. The molecule has 0 saturated heterocycles. The Morgan fingerprint density at radius 2 is 1.07 bits per heavy atom. The van der Waals surface area contributed by atoms with Gasteiger partial charge in [0.15, 0.2) is 0 Å². The van der Waals surface area contributed by atoms with Gasteiger partial charge in [-0.2, -0.15) is 0 Å². The minimum atomic E-state index is -0.889. The highest BCUT2D eigenvalue weighted by atomic mass is 35.5. The molecule has 29 heavy (non-hydrogen) atoms. The largest absolute Gasteiger partial charge is 0.313 e. The molecule has 0 atom stereocenters. The van der Waals surface area contributed by atoms with E-state index in [1.807, 2.05) is 24.3 Å². The number of fused-ring (bicyclic) bond motifs is 2. The first kappa shape index (κ1) is 17.9. The Balaban J connectivity index is 0.000000419. The molecule has 1 aliphatic rings. The first-order valence-corrected chi connectivity index (χ1v) is 9.56. The van der Waals surface area contributed by atoms with Gasteiger partial charge >= 0.3 is 4.70 Å². The Kier molecular flexibility index (Phi) is 3.95. The summed E-state index contributed by atoms with van der Waals surface area (Å²) >= 11 is 8.80. The summed E-state index contributed by atoms with van der Waals surface area (Å²) in [4.78, 5) is 33.6. The molecule has 6 heteroatoms. The molecule has 1 aliphatic heterocycles. The lowest BCUT2D eigenvalue weighted by atomic mass is 9.85. The number of rotatable bonds is 0. The number of halogens is 2. The number of carbonyl (C=O) groups excluding carboxylic acids is 3. The second-order valence-corrected chi connectivity index (χ2v) is 7.67. The van der Waals surface area contributed by atoms with E-state index in [2.05, 4.69) is 64.9 Å². The van der Waals surface area contributed by atoms with Crippen molar-refractivity contribution in [1.29, 1.82) is 0 Å². The van der Waals surface area contributed by atoms with Crippen molar-refractivity contribution in [2.45, 2.75) is 0 Å². The molecule has 140 valence electrons. The van der Waals surface area contributed by atoms with Crippen molar-refractivity contribution in [3.63, 3.8) is 0 Å². The van der Waals surface area contributed by atoms with E-state index in [9.17, 15) is 9.59 Å². The van der Waals surface area contributed by atoms with Crippen molar-refractivity contribution in [2.24, 2.45) is 0 Å². The van der Waals surface area contributed by atoms with Crippen molar-refractivity contribution >= 4 is 82.8 Å². The van der Waals surface area contributed by atoms with E-state index in [0.29, 0.717) is 11.1 Å². The van der Waals surface area contributed by atoms with Crippen molar-refractivity contribution in [2.75, 3.05) is 0 Å². The lowest BCUT2D eigenvalue weighted by Crippen LogP contribution is -2.34. The van der Waals surface area contributed by atoms with Crippen molar-refractivity contribution in [3.05, 3.63) is 71.8 Å². The molecule has 1 heterocycles. The third-order valence-electron chi connectivity index (χ3n) is 5.36. The molecule has 0 fully saturated rings. The van der Waals surface area contributed by atoms with Gasteiger partial charge in [-0.05, 0) is 73.0 Å². The fraction of sp³-hybridized carbons (Fsp3) is 0. The molecule has 5 aromatic rings. The highest BCUT2D eigenvalue weighted by molar-refractivity contribution is 6.93. The molecule has 0 unspecified atom stereocenters. The van der Waals surface area contributed by atoms with Crippen LogP contribution in [0.2, 0.25) is 0 Å². The van der Waals surface area contributed by atoms with Crippen LogP contribution in [0.15, 0.2) is 60.7 Å². The Labute approximate surface area is 174 Å². The Morgan fingerprint density at radius 3 is 1.55 bits per heavy atom. The Hall–Kier alpha value is -3.21. The summed E-state index contributed by atoms with van der Waals surface area (Å²) in [7, 11) is 0. The van der Waals surface area contributed by atoms with Gasteiger partial charge in [-0.3, -0.25) is 19.7 Å². The van der Waals surface area contributed by atoms with Gasteiger partial charge in [0.05, 0.1) is 0 Å². The molecule has 1 N–H and O–H groups in total. The van der Waals surface area contributed by atoms with Crippen LogP contribution in [-0.2, 0) is 0 Å². The molecule has 0 bridgehead atoms. The lowest BCUT2D eigenvalue weighted by molar-refractivity contribution is 0.0845. The summed E-state index contributed by atoms with van der Waals surface area (Å²) in [5.41, 5.74) is 1.14. The minimum Gasteiger partial charge on any atom is -0.288 e. The molecule has 0 radical (unpaired) electrons. The van der Waals surface area contributed by atoms with Gasteiger partial charge in [0, 0.05) is 16.5 Å². The number of benzene rings is 5. The van der Waals surface area contributed by atoms with Gasteiger partial charge in [-0.15, -0.1) is 0 Å². The zero-order valence-electron chi connectivity index (χ0n) is 14.8. The van der Waals surface area contributed by atoms with E-state index >= 15 is 0 Å². The predicted octanol–water partition coefficient (Wildman–Crippen LogP) is 6.20. The maximum Gasteiger partial charge on any atom is 0.313 e. The van der Waals surface area contributed by atoms with E-state index in [4.69, 9.17) is 4.79 Å². The second kappa shape index (κ2) is 6.41. The van der Waals surface area contributed by atoms with Crippen LogP contribution in [-0.4, -0.2) is 16.5 Å². The fourth-order valence-electron chi connectivity index (χ4n) is 4.35.